The van der Waals surface area contributed by atoms with Gasteiger partial charge in [-0.2, -0.15) is 0 Å². The highest BCUT2D eigenvalue weighted by Crippen LogP contribution is 2.32. The molecule has 36 heavy (non-hydrogen) atoms. The van der Waals surface area contributed by atoms with E-state index < -0.39 is 0 Å². The van der Waals surface area contributed by atoms with Gasteiger partial charge in [-0.25, -0.2) is 0 Å². The quantitative estimate of drug-likeness (QED) is 0.421. The number of para-hydroxylation sites is 1. The lowest BCUT2D eigenvalue weighted by molar-refractivity contribution is -0.144. The van der Waals surface area contributed by atoms with E-state index in [0.29, 0.717) is 13.1 Å². The second-order valence-electron chi connectivity index (χ2n) is 10.3. The molecule has 2 saturated carbocycles. The molecule has 0 spiro atoms. The highest BCUT2D eigenvalue weighted by atomic mass is 16.5. The maximum absolute atomic E-state index is 13.7. The van der Waals surface area contributed by atoms with Crippen LogP contribution in [0.1, 0.15) is 56.1 Å². The van der Waals surface area contributed by atoms with Crippen LogP contribution in [0.5, 0.6) is 5.75 Å². The fourth-order valence-electron chi connectivity index (χ4n) is 5.44. The van der Waals surface area contributed by atoms with Gasteiger partial charge < -0.3 is 19.5 Å². The summed E-state index contributed by atoms with van der Waals surface area (Å²) in [5.74, 6) is 1.12. The number of aromatic nitrogens is 1. The van der Waals surface area contributed by atoms with Gasteiger partial charge in [0.25, 0.3) is 0 Å². The molecule has 1 aromatic heterocycles. The van der Waals surface area contributed by atoms with Gasteiger partial charge in [-0.15, -0.1) is 0 Å². The molecule has 2 aromatic carbocycles. The Hall–Kier alpha value is -3.28. The fraction of sp³-hybridized carbons (Fsp3) is 0.467. The first-order valence-electron chi connectivity index (χ1n) is 13.4. The van der Waals surface area contributed by atoms with E-state index in [4.69, 9.17) is 4.74 Å². The van der Waals surface area contributed by atoms with Crippen LogP contribution >= 0.6 is 0 Å². The summed E-state index contributed by atoms with van der Waals surface area (Å²) in [7, 11) is 1.65. The van der Waals surface area contributed by atoms with Crippen LogP contribution in [-0.4, -0.2) is 52.8 Å². The number of carbonyl (C=O) groups is 2. The SMILES string of the molecule is COc1ccc(CN(CCc2c[nH]c3ccccc23)C(=O)CN(C(=O)C2CCCCC2)C2CC2)cc1. The zero-order valence-corrected chi connectivity index (χ0v) is 21.2. The summed E-state index contributed by atoms with van der Waals surface area (Å²) in [5, 5.41) is 1.20. The Bertz CT molecular complexity index is 1180. The number of hydrogen-bond acceptors (Lipinski definition) is 3. The predicted molar refractivity (Wildman–Crippen MR) is 142 cm³/mol. The topological polar surface area (TPSA) is 65.6 Å². The molecule has 0 bridgehead atoms. The number of carbonyl (C=O) groups excluding carboxylic acids is 2. The summed E-state index contributed by atoms with van der Waals surface area (Å²) in [5.41, 5.74) is 3.37. The van der Waals surface area contributed by atoms with Gasteiger partial charge in [0, 0.05) is 42.1 Å². The van der Waals surface area contributed by atoms with E-state index in [0.717, 1.165) is 61.8 Å². The highest BCUT2D eigenvalue weighted by Gasteiger charge is 2.37. The van der Waals surface area contributed by atoms with Gasteiger partial charge in [0.2, 0.25) is 11.8 Å². The van der Waals surface area contributed by atoms with Gasteiger partial charge in [-0.05, 0) is 61.4 Å². The minimum absolute atomic E-state index is 0.0294. The third-order valence-electron chi connectivity index (χ3n) is 7.74. The standard InChI is InChI=1S/C30H37N3O3/c1-36-26-15-11-22(12-16-26)20-32(18-17-24-19-31-28-10-6-5-9-27(24)28)29(34)21-33(25-13-14-25)30(35)23-7-3-2-4-8-23/h5-6,9-12,15-16,19,23,25,31H,2-4,7-8,13-14,17-18,20-21H2,1H3. The largest absolute Gasteiger partial charge is 0.497 e. The van der Waals surface area contributed by atoms with E-state index in [1.807, 2.05) is 52.4 Å². The van der Waals surface area contributed by atoms with Crippen molar-refractivity contribution in [2.24, 2.45) is 5.92 Å². The summed E-state index contributed by atoms with van der Waals surface area (Å²) in [6.45, 7) is 1.30. The van der Waals surface area contributed by atoms with Crippen LogP contribution < -0.4 is 4.74 Å². The number of aromatic amines is 1. The van der Waals surface area contributed by atoms with Gasteiger partial charge in [0.1, 0.15) is 12.3 Å². The van der Waals surface area contributed by atoms with Crippen molar-refractivity contribution in [3.05, 3.63) is 65.9 Å². The van der Waals surface area contributed by atoms with Gasteiger partial charge in [-0.1, -0.05) is 49.6 Å². The van der Waals surface area contributed by atoms with Crippen molar-refractivity contribution in [2.75, 3.05) is 20.2 Å². The fourth-order valence-corrected chi connectivity index (χ4v) is 5.44. The van der Waals surface area contributed by atoms with Gasteiger partial charge >= 0.3 is 0 Å². The Morgan fingerprint density at radius 3 is 2.44 bits per heavy atom. The lowest BCUT2D eigenvalue weighted by Gasteiger charge is -2.31. The molecule has 6 heteroatoms. The second kappa shape index (κ2) is 11.2. The molecular formula is C30H37N3O3. The minimum atomic E-state index is 0.0294. The van der Waals surface area contributed by atoms with Crippen LogP contribution in [0, 0.1) is 5.92 Å². The van der Waals surface area contributed by atoms with Crippen LogP contribution in [-0.2, 0) is 22.6 Å². The van der Waals surface area contributed by atoms with Crippen LogP contribution in [0.3, 0.4) is 0 Å². The normalized spacial score (nSPS) is 16.1. The second-order valence-corrected chi connectivity index (χ2v) is 10.3. The van der Waals surface area contributed by atoms with Gasteiger partial charge in [0.05, 0.1) is 7.11 Å². The number of ether oxygens (including phenoxy) is 1. The summed E-state index contributed by atoms with van der Waals surface area (Å²) >= 11 is 0. The Labute approximate surface area is 213 Å². The zero-order valence-electron chi connectivity index (χ0n) is 21.2. The van der Waals surface area contributed by atoms with Gasteiger partial charge in [0.15, 0.2) is 0 Å². The van der Waals surface area contributed by atoms with Gasteiger partial charge in [-0.3, -0.25) is 9.59 Å². The molecular weight excluding hydrogens is 450 g/mol. The number of amides is 2. The molecule has 6 nitrogen and oxygen atoms in total. The number of H-pyrrole nitrogens is 1. The maximum atomic E-state index is 13.7. The third kappa shape index (κ3) is 5.75. The van der Waals surface area contributed by atoms with Crippen molar-refractivity contribution in [1.82, 2.24) is 14.8 Å². The Balaban J connectivity index is 1.32. The minimum Gasteiger partial charge on any atom is -0.497 e. The smallest absolute Gasteiger partial charge is 0.242 e. The number of methoxy groups -OCH3 is 1. The summed E-state index contributed by atoms with van der Waals surface area (Å²) < 4.78 is 5.30. The van der Waals surface area contributed by atoms with E-state index in [1.54, 1.807) is 7.11 Å². The van der Waals surface area contributed by atoms with Crippen LogP contribution in [0.2, 0.25) is 0 Å². The molecule has 5 rings (SSSR count). The van der Waals surface area contributed by atoms with Crippen molar-refractivity contribution in [2.45, 2.75) is 64.0 Å². The van der Waals surface area contributed by atoms with E-state index in [9.17, 15) is 9.59 Å². The molecule has 0 atom stereocenters. The molecule has 190 valence electrons. The number of fused-ring (bicyclic) bond motifs is 1. The maximum Gasteiger partial charge on any atom is 0.242 e. The van der Waals surface area contributed by atoms with E-state index in [-0.39, 0.29) is 30.3 Å². The molecule has 0 aliphatic heterocycles. The van der Waals surface area contributed by atoms with Crippen molar-refractivity contribution in [1.29, 1.82) is 0 Å². The lowest BCUT2D eigenvalue weighted by Crippen LogP contribution is -2.46. The van der Waals surface area contributed by atoms with E-state index in [2.05, 4.69) is 17.1 Å². The van der Waals surface area contributed by atoms with Crippen molar-refractivity contribution < 1.29 is 14.3 Å². The lowest BCUT2D eigenvalue weighted by atomic mass is 9.88. The number of benzene rings is 2. The molecule has 1 N–H and O–H groups in total. The number of nitrogens with one attached hydrogen (secondary N) is 1. The average Bonchev–Trinajstić information content (AvgIpc) is 3.69. The van der Waals surface area contributed by atoms with E-state index in [1.165, 1.54) is 17.4 Å². The molecule has 2 fully saturated rings. The number of rotatable bonds is 10. The highest BCUT2D eigenvalue weighted by molar-refractivity contribution is 5.87. The first-order chi connectivity index (χ1) is 17.6. The van der Waals surface area contributed by atoms with Crippen molar-refractivity contribution in [3.63, 3.8) is 0 Å². The molecule has 2 aliphatic rings. The van der Waals surface area contributed by atoms with Crippen molar-refractivity contribution >= 4 is 22.7 Å². The van der Waals surface area contributed by atoms with Crippen molar-refractivity contribution in [3.8, 4) is 5.75 Å². The predicted octanol–water partition coefficient (Wildman–Crippen LogP) is 5.32. The molecule has 2 amide bonds. The molecule has 0 saturated heterocycles. The number of nitrogens with zero attached hydrogens (tertiary/aromatic N) is 2. The molecule has 1 heterocycles. The third-order valence-corrected chi connectivity index (χ3v) is 7.74. The Kier molecular flexibility index (Phi) is 7.59. The van der Waals surface area contributed by atoms with Crippen LogP contribution in [0.15, 0.2) is 54.7 Å². The monoisotopic (exact) mass is 487 g/mol. The molecule has 2 aliphatic carbocycles. The molecule has 0 unspecified atom stereocenters. The molecule has 0 radical (unpaired) electrons. The summed E-state index contributed by atoms with van der Waals surface area (Å²) in [6.07, 6.45) is 10.2. The average molecular weight is 488 g/mol. The Morgan fingerprint density at radius 2 is 1.72 bits per heavy atom. The summed E-state index contributed by atoms with van der Waals surface area (Å²) in [4.78, 5) is 34.3. The molecule has 3 aromatic rings. The zero-order chi connectivity index (χ0) is 24.9. The van der Waals surface area contributed by atoms with Crippen LogP contribution in [0.4, 0.5) is 0 Å². The summed E-state index contributed by atoms with van der Waals surface area (Å²) in [6, 6.07) is 16.4. The first kappa shape index (κ1) is 24.4. The first-order valence-corrected chi connectivity index (χ1v) is 13.4. The van der Waals surface area contributed by atoms with Crippen LogP contribution in [0.25, 0.3) is 10.9 Å². The van der Waals surface area contributed by atoms with E-state index >= 15 is 0 Å². The number of hydrogen-bond donors (Lipinski definition) is 1. The Morgan fingerprint density at radius 1 is 0.972 bits per heavy atom.